The van der Waals surface area contributed by atoms with Gasteiger partial charge >= 0.3 is 0 Å². The van der Waals surface area contributed by atoms with E-state index in [1.807, 2.05) is 66.9 Å². The smallest absolute Gasteiger partial charge is 0.162 e. The summed E-state index contributed by atoms with van der Waals surface area (Å²) in [7, 11) is 1.63. The summed E-state index contributed by atoms with van der Waals surface area (Å²) in [5.74, 6) is 1.35. The molecule has 5 rings (SSSR count). The van der Waals surface area contributed by atoms with Crippen molar-refractivity contribution in [2.24, 2.45) is 0 Å². The van der Waals surface area contributed by atoms with Crippen LogP contribution < -0.4 is 9.47 Å². The minimum absolute atomic E-state index is 0.373. The van der Waals surface area contributed by atoms with Crippen LogP contribution in [0.3, 0.4) is 0 Å². The summed E-state index contributed by atoms with van der Waals surface area (Å²) in [6.07, 6.45) is 11.8. The normalized spacial score (nSPS) is 11.6. The third-order valence-electron chi connectivity index (χ3n) is 5.39. The number of hydrogen-bond acceptors (Lipinski definition) is 4. The van der Waals surface area contributed by atoms with Crippen molar-refractivity contribution in [3.05, 3.63) is 107 Å². The number of ether oxygens (including phenoxy) is 2. The average Bonchev–Trinajstić information content (AvgIpc) is 3.54. The zero-order chi connectivity index (χ0) is 23.2. The fraction of sp³-hybridized carbons (Fsp3) is 0.0714. The van der Waals surface area contributed by atoms with E-state index >= 15 is 0 Å². The van der Waals surface area contributed by atoms with Gasteiger partial charge in [-0.25, -0.2) is 0 Å². The molecule has 2 N–H and O–H groups in total. The summed E-state index contributed by atoms with van der Waals surface area (Å²) in [5, 5.41) is 8.64. The highest BCUT2D eigenvalue weighted by Gasteiger charge is 2.06. The molecule has 0 radical (unpaired) electrons. The van der Waals surface area contributed by atoms with E-state index in [4.69, 9.17) is 9.47 Å². The molecule has 0 aliphatic heterocycles. The van der Waals surface area contributed by atoms with Gasteiger partial charge in [0.1, 0.15) is 6.61 Å². The zero-order valence-corrected chi connectivity index (χ0v) is 18.7. The van der Waals surface area contributed by atoms with E-state index in [1.54, 1.807) is 13.3 Å². The molecule has 0 aliphatic rings. The molecule has 0 saturated carbocycles. The number of H-pyrrole nitrogens is 2. The molecule has 0 amide bonds. The summed E-state index contributed by atoms with van der Waals surface area (Å²) in [6.45, 7) is 0.373. The Morgan fingerprint density at radius 3 is 2.62 bits per heavy atom. The maximum Gasteiger partial charge on any atom is 0.162 e. The Hall–Kier alpha value is -4.58. The molecule has 2 aromatic carbocycles. The highest BCUT2D eigenvalue weighted by Crippen LogP contribution is 2.29. The molecule has 0 spiro atoms. The van der Waals surface area contributed by atoms with Crippen molar-refractivity contribution in [2.75, 3.05) is 7.11 Å². The topological polar surface area (TPSA) is 75.8 Å². The molecule has 3 aromatic heterocycles. The lowest BCUT2D eigenvalue weighted by Gasteiger charge is -2.11. The molecule has 0 bridgehead atoms. The molecule has 0 saturated heterocycles. The summed E-state index contributed by atoms with van der Waals surface area (Å²) in [5.41, 5.74) is 5.88. The third kappa shape index (κ3) is 5.07. The van der Waals surface area contributed by atoms with Crippen molar-refractivity contribution in [3.8, 4) is 11.5 Å². The quantitative estimate of drug-likeness (QED) is 0.296. The van der Waals surface area contributed by atoms with Crippen LogP contribution >= 0.6 is 0 Å². The van der Waals surface area contributed by atoms with Crippen LogP contribution in [0.1, 0.15) is 28.2 Å². The van der Waals surface area contributed by atoms with Gasteiger partial charge in [-0.3, -0.25) is 10.1 Å². The maximum atomic E-state index is 5.95. The van der Waals surface area contributed by atoms with Crippen molar-refractivity contribution in [3.63, 3.8) is 0 Å². The highest BCUT2D eigenvalue weighted by molar-refractivity contribution is 5.83. The van der Waals surface area contributed by atoms with Gasteiger partial charge in [-0.05, 0) is 77.2 Å². The molecule has 0 fully saturated rings. The van der Waals surface area contributed by atoms with Crippen molar-refractivity contribution >= 4 is 35.2 Å². The van der Waals surface area contributed by atoms with Crippen molar-refractivity contribution in [2.45, 2.75) is 6.61 Å². The SMILES string of the molecule is COc1ccc(/C=C/c2cc(/C=C/c3ccc4[nH]ccc4c3)n[nH]2)cc1OCc1ccccn1. The molecule has 168 valence electrons. The lowest BCUT2D eigenvalue weighted by Crippen LogP contribution is -1.99. The number of methoxy groups -OCH3 is 1. The molecule has 5 aromatic rings. The van der Waals surface area contributed by atoms with Gasteiger partial charge in [-0.2, -0.15) is 5.10 Å². The first-order chi connectivity index (χ1) is 16.8. The van der Waals surface area contributed by atoms with E-state index in [0.717, 1.165) is 33.7 Å². The molecular formula is C28H24N4O2. The molecule has 3 heterocycles. The van der Waals surface area contributed by atoms with Crippen LogP contribution in [0.2, 0.25) is 0 Å². The second-order valence-electron chi connectivity index (χ2n) is 7.76. The van der Waals surface area contributed by atoms with E-state index in [9.17, 15) is 0 Å². The fourth-order valence-electron chi connectivity index (χ4n) is 3.61. The zero-order valence-electron chi connectivity index (χ0n) is 18.7. The molecule has 6 nitrogen and oxygen atoms in total. The first-order valence-electron chi connectivity index (χ1n) is 11.0. The van der Waals surface area contributed by atoms with Crippen LogP contribution in [-0.4, -0.2) is 27.3 Å². The summed E-state index contributed by atoms with van der Waals surface area (Å²) in [4.78, 5) is 7.51. The average molecular weight is 449 g/mol. The minimum atomic E-state index is 0.373. The molecule has 0 aliphatic carbocycles. The number of fused-ring (bicyclic) bond motifs is 1. The number of aromatic amines is 2. The van der Waals surface area contributed by atoms with Crippen molar-refractivity contribution < 1.29 is 9.47 Å². The number of hydrogen-bond donors (Lipinski definition) is 2. The number of benzene rings is 2. The third-order valence-corrected chi connectivity index (χ3v) is 5.39. The summed E-state index contributed by atoms with van der Waals surface area (Å²) >= 11 is 0. The molecular weight excluding hydrogens is 424 g/mol. The molecule has 6 heteroatoms. The number of nitrogens with zero attached hydrogens (tertiary/aromatic N) is 2. The predicted molar refractivity (Wildman–Crippen MR) is 136 cm³/mol. The van der Waals surface area contributed by atoms with Gasteiger partial charge in [0.25, 0.3) is 0 Å². The second kappa shape index (κ2) is 9.92. The van der Waals surface area contributed by atoms with E-state index < -0.39 is 0 Å². The van der Waals surface area contributed by atoms with Crippen LogP contribution in [0.5, 0.6) is 11.5 Å². The van der Waals surface area contributed by atoms with E-state index in [1.165, 1.54) is 5.39 Å². The Labute approximate surface area is 197 Å². The first kappa shape index (κ1) is 21.3. The first-order valence-corrected chi connectivity index (χ1v) is 11.0. The van der Waals surface area contributed by atoms with Gasteiger partial charge in [0, 0.05) is 17.9 Å². The number of nitrogens with one attached hydrogen (secondary N) is 2. The molecule has 34 heavy (non-hydrogen) atoms. The van der Waals surface area contributed by atoms with Crippen LogP contribution in [0.25, 0.3) is 35.2 Å². The Kier molecular flexibility index (Phi) is 6.21. The van der Waals surface area contributed by atoms with E-state index in [-0.39, 0.29) is 0 Å². The number of aromatic nitrogens is 4. The highest BCUT2D eigenvalue weighted by atomic mass is 16.5. The Balaban J connectivity index is 1.26. The van der Waals surface area contributed by atoms with Gasteiger partial charge in [0.15, 0.2) is 11.5 Å². The van der Waals surface area contributed by atoms with Crippen molar-refractivity contribution in [1.29, 1.82) is 0 Å². The van der Waals surface area contributed by atoms with E-state index in [2.05, 4.69) is 50.5 Å². The standard InChI is InChI=1S/C28H24N4O2/c1-33-27-12-8-21(17-28(27)34-19-25-4-2-3-14-29-25)6-10-24-18-23(31-32-24)9-5-20-7-11-26-22(16-20)13-15-30-26/h2-18,30H,19H2,1H3,(H,31,32)/b9-5+,10-6+. The fourth-order valence-corrected chi connectivity index (χ4v) is 3.61. The van der Waals surface area contributed by atoms with Crippen LogP contribution in [0, 0.1) is 0 Å². The van der Waals surface area contributed by atoms with Crippen LogP contribution in [-0.2, 0) is 6.61 Å². The lowest BCUT2D eigenvalue weighted by molar-refractivity contribution is 0.280. The summed E-state index contributed by atoms with van der Waals surface area (Å²) in [6, 6.07) is 22.0. The van der Waals surface area contributed by atoms with Crippen LogP contribution in [0.4, 0.5) is 0 Å². The van der Waals surface area contributed by atoms with Gasteiger partial charge in [-0.15, -0.1) is 0 Å². The maximum absolute atomic E-state index is 5.95. The lowest BCUT2D eigenvalue weighted by atomic mass is 10.1. The Morgan fingerprint density at radius 1 is 0.853 bits per heavy atom. The molecule has 0 unspecified atom stereocenters. The monoisotopic (exact) mass is 448 g/mol. The largest absolute Gasteiger partial charge is 0.493 e. The van der Waals surface area contributed by atoms with Crippen molar-refractivity contribution in [1.82, 2.24) is 20.2 Å². The second-order valence-corrected chi connectivity index (χ2v) is 7.76. The number of rotatable bonds is 8. The Bertz CT molecular complexity index is 1450. The van der Waals surface area contributed by atoms with Gasteiger partial charge in [-0.1, -0.05) is 30.4 Å². The van der Waals surface area contributed by atoms with Gasteiger partial charge in [0.05, 0.1) is 24.2 Å². The van der Waals surface area contributed by atoms with E-state index in [0.29, 0.717) is 18.1 Å². The Morgan fingerprint density at radius 2 is 1.74 bits per heavy atom. The summed E-state index contributed by atoms with van der Waals surface area (Å²) < 4.78 is 11.4. The minimum Gasteiger partial charge on any atom is -0.493 e. The predicted octanol–water partition coefficient (Wildman–Crippen LogP) is 6.21. The molecule has 0 atom stereocenters. The van der Waals surface area contributed by atoms with Gasteiger partial charge in [0.2, 0.25) is 0 Å². The van der Waals surface area contributed by atoms with Crippen LogP contribution in [0.15, 0.2) is 79.1 Å². The van der Waals surface area contributed by atoms with Gasteiger partial charge < -0.3 is 14.5 Å². The number of pyridine rings is 1.